The van der Waals surface area contributed by atoms with E-state index in [1.807, 2.05) is 38.1 Å². The van der Waals surface area contributed by atoms with E-state index in [4.69, 9.17) is 11.6 Å². The largest absolute Gasteiger partial charge is 0.352 e. The van der Waals surface area contributed by atoms with Crippen LogP contribution in [0.25, 0.3) is 5.78 Å². The molecule has 4 rings (SSSR count). The third-order valence-electron chi connectivity index (χ3n) is 6.74. The van der Waals surface area contributed by atoms with Gasteiger partial charge >= 0.3 is 0 Å². The molecule has 8 heteroatoms. The molecule has 0 radical (unpaired) electrons. The molecule has 3 aromatic rings. The molecule has 2 aromatic heterocycles. The molecule has 1 aromatic carbocycles. The highest BCUT2D eigenvalue weighted by molar-refractivity contribution is 7.99. The number of thioether (sulfide) groups is 1. The topological polar surface area (TPSA) is 72.2 Å². The van der Waals surface area contributed by atoms with Crippen molar-refractivity contribution in [2.24, 2.45) is 11.8 Å². The van der Waals surface area contributed by atoms with Crippen molar-refractivity contribution in [3.63, 3.8) is 0 Å². The second-order valence-corrected chi connectivity index (χ2v) is 10.2. The Morgan fingerprint density at radius 1 is 1.22 bits per heavy atom. The van der Waals surface area contributed by atoms with Crippen LogP contribution in [0.15, 0.2) is 29.4 Å². The van der Waals surface area contributed by atoms with E-state index in [1.54, 1.807) is 4.52 Å². The van der Waals surface area contributed by atoms with Gasteiger partial charge in [0.1, 0.15) is 0 Å². The van der Waals surface area contributed by atoms with E-state index in [9.17, 15) is 4.79 Å². The second kappa shape index (κ2) is 9.79. The summed E-state index contributed by atoms with van der Waals surface area (Å²) in [5.74, 6) is 2.07. The minimum absolute atomic E-state index is 0.0417. The molecule has 0 saturated heterocycles. The number of carbonyl (C=O) groups excluding carboxylic acids is 1. The fraction of sp³-hybridized carbons (Fsp3) is 0.500. The zero-order chi connectivity index (χ0) is 22.8. The van der Waals surface area contributed by atoms with E-state index in [0.29, 0.717) is 34.9 Å². The highest BCUT2D eigenvalue weighted by Crippen LogP contribution is 2.29. The number of hydrogen-bond donors (Lipinski definition) is 1. The van der Waals surface area contributed by atoms with Crippen molar-refractivity contribution < 1.29 is 4.79 Å². The predicted octanol–water partition coefficient (Wildman–Crippen LogP) is 5.02. The highest BCUT2D eigenvalue weighted by atomic mass is 35.5. The Kier molecular flexibility index (Phi) is 7.05. The van der Waals surface area contributed by atoms with Gasteiger partial charge in [0.15, 0.2) is 0 Å². The summed E-state index contributed by atoms with van der Waals surface area (Å²) in [5.41, 5.74) is 4.04. The molecule has 6 nitrogen and oxygen atoms in total. The Morgan fingerprint density at radius 3 is 2.78 bits per heavy atom. The van der Waals surface area contributed by atoms with Gasteiger partial charge in [0.2, 0.25) is 11.1 Å². The fourth-order valence-corrected chi connectivity index (χ4v) is 5.34. The lowest BCUT2D eigenvalue weighted by molar-refractivity contribution is -0.120. The van der Waals surface area contributed by atoms with E-state index >= 15 is 0 Å². The maximum absolute atomic E-state index is 12.5. The van der Waals surface area contributed by atoms with Gasteiger partial charge in [-0.1, -0.05) is 68.3 Å². The zero-order valence-corrected chi connectivity index (χ0v) is 20.6. The smallest absolute Gasteiger partial charge is 0.253 e. The summed E-state index contributed by atoms with van der Waals surface area (Å²) in [5, 5.41) is 9.14. The first-order valence-corrected chi connectivity index (χ1v) is 12.6. The number of amides is 1. The van der Waals surface area contributed by atoms with E-state index in [0.717, 1.165) is 34.0 Å². The number of hydrogen-bond acceptors (Lipinski definition) is 5. The van der Waals surface area contributed by atoms with Crippen molar-refractivity contribution in [3.8, 4) is 0 Å². The van der Waals surface area contributed by atoms with Crippen LogP contribution in [0, 0.1) is 25.7 Å². The lowest BCUT2D eigenvalue weighted by Gasteiger charge is -2.34. The van der Waals surface area contributed by atoms with Crippen LogP contribution in [0.5, 0.6) is 0 Å². The maximum Gasteiger partial charge on any atom is 0.253 e. The quantitative estimate of drug-likeness (QED) is 0.511. The molecule has 1 aliphatic rings. The lowest BCUT2D eigenvalue weighted by atomic mass is 9.78. The highest BCUT2D eigenvalue weighted by Gasteiger charge is 2.28. The van der Waals surface area contributed by atoms with Crippen LogP contribution in [0.1, 0.15) is 55.6 Å². The Hall–Kier alpha value is -2.12. The summed E-state index contributed by atoms with van der Waals surface area (Å²) in [6.45, 7) is 8.52. The first-order valence-electron chi connectivity index (χ1n) is 11.2. The Balaban J connectivity index is 1.46. The fourth-order valence-electron chi connectivity index (χ4n) is 4.50. The molecule has 1 N–H and O–H groups in total. The number of halogens is 1. The number of aromatic nitrogens is 4. The van der Waals surface area contributed by atoms with Crippen LogP contribution < -0.4 is 5.32 Å². The average molecular weight is 472 g/mol. The molecule has 0 aliphatic heterocycles. The number of nitrogens with one attached hydrogen (secondary N) is 1. The van der Waals surface area contributed by atoms with Crippen molar-refractivity contribution in [2.75, 3.05) is 5.75 Å². The van der Waals surface area contributed by atoms with Crippen molar-refractivity contribution in [1.82, 2.24) is 24.9 Å². The van der Waals surface area contributed by atoms with Crippen LogP contribution >= 0.6 is 23.4 Å². The van der Waals surface area contributed by atoms with Gasteiger partial charge in [-0.2, -0.15) is 4.98 Å². The van der Waals surface area contributed by atoms with E-state index in [-0.39, 0.29) is 11.9 Å². The third-order valence-corrected chi connectivity index (χ3v) is 7.95. The van der Waals surface area contributed by atoms with Gasteiger partial charge in [0.05, 0.1) is 5.75 Å². The molecule has 3 unspecified atom stereocenters. The maximum atomic E-state index is 12.5. The van der Waals surface area contributed by atoms with Gasteiger partial charge in [0, 0.05) is 28.9 Å². The van der Waals surface area contributed by atoms with Gasteiger partial charge in [-0.15, -0.1) is 5.10 Å². The minimum atomic E-state index is 0.0417. The molecular formula is C24H30ClN5OS. The van der Waals surface area contributed by atoms with Crippen molar-refractivity contribution >= 4 is 35.0 Å². The van der Waals surface area contributed by atoms with Gasteiger partial charge in [-0.25, -0.2) is 9.50 Å². The van der Waals surface area contributed by atoms with Crippen LogP contribution in [-0.4, -0.2) is 37.3 Å². The summed E-state index contributed by atoms with van der Waals surface area (Å²) in [6, 6.07) is 8.11. The molecular weight excluding hydrogens is 442 g/mol. The van der Waals surface area contributed by atoms with Crippen molar-refractivity contribution in [2.45, 2.75) is 64.6 Å². The number of rotatable bonds is 6. The number of nitrogens with zero attached hydrogens (tertiary/aromatic N) is 4. The van der Waals surface area contributed by atoms with Crippen molar-refractivity contribution in [1.29, 1.82) is 0 Å². The standard InChI is InChI=1S/C24H30ClN5OS/c1-14-8-7-11-21(15(14)2)27-22(31)13-32-24-28-23-26-16(3)19(17(4)30(23)29-24)12-18-9-5-6-10-20(18)25/h5-6,9-10,14-15,21H,7-8,11-13H2,1-4H3,(H,27,31). The normalized spacial score (nSPS) is 21.1. The van der Waals surface area contributed by atoms with E-state index in [2.05, 4.69) is 34.2 Å². The van der Waals surface area contributed by atoms with Gasteiger partial charge in [0.25, 0.3) is 5.78 Å². The third kappa shape index (κ3) is 4.94. The molecule has 1 aliphatic carbocycles. The predicted molar refractivity (Wildman–Crippen MR) is 129 cm³/mol. The first-order chi connectivity index (χ1) is 15.3. The van der Waals surface area contributed by atoms with Crippen LogP contribution in [0.3, 0.4) is 0 Å². The van der Waals surface area contributed by atoms with Gasteiger partial charge in [-0.05, 0) is 49.3 Å². The summed E-state index contributed by atoms with van der Waals surface area (Å²) < 4.78 is 1.77. The molecule has 3 atom stereocenters. The van der Waals surface area contributed by atoms with Crippen LogP contribution in [0.2, 0.25) is 5.02 Å². The van der Waals surface area contributed by atoms with Crippen LogP contribution in [0.4, 0.5) is 0 Å². The molecule has 1 amide bonds. The molecule has 32 heavy (non-hydrogen) atoms. The molecule has 170 valence electrons. The molecule has 1 saturated carbocycles. The van der Waals surface area contributed by atoms with E-state index in [1.165, 1.54) is 24.6 Å². The summed E-state index contributed by atoms with van der Waals surface area (Å²) in [6.07, 6.45) is 4.17. The number of carbonyl (C=O) groups is 1. The molecule has 0 bridgehead atoms. The summed E-state index contributed by atoms with van der Waals surface area (Å²) >= 11 is 7.72. The average Bonchev–Trinajstić information content (AvgIpc) is 3.17. The monoisotopic (exact) mass is 471 g/mol. The summed E-state index contributed by atoms with van der Waals surface area (Å²) in [7, 11) is 0. The molecule has 1 fully saturated rings. The van der Waals surface area contributed by atoms with E-state index < -0.39 is 0 Å². The number of aryl methyl sites for hydroxylation is 2. The number of fused-ring (bicyclic) bond motifs is 1. The molecule has 2 heterocycles. The van der Waals surface area contributed by atoms with Crippen molar-refractivity contribution in [3.05, 3.63) is 51.8 Å². The SMILES string of the molecule is Cc1nc2nc(SCC(=O)NC3CCCC(C)C3C)nn2c(C)c1Cc1ccccc1Cl. The minimum Gasteiger partial charge on any atom is -0.352 e. The Labute approximate surface area is 198 Å². The zero-order valence-electron chi connectivity index (χ0n) is 19.1. The Bertz CT molecular complexity index is 1130. The number of benzene rings is 1. The van der Waals surface area contributed by atoms with Gasteiger partial charge < -0.3 is 5.32 Å². The van der Waals surface area contributed by atoms with Crippen LogP contribution in [-0.2, 0) is 11.2 Å². The molecule has 0 spiro atoms. The van der Waals surface area contributed by atoms with Gasteiger partial charge in [-0.3, -0.25) is 4.79 Å². The Morgan fingerprint density at radius 2 is 2.00 bits per heavy atom. The second-order valence-electron chi connectivity index (χ2n) is 8.87. The lowest BCUT2D eigenvalue weighted by Crippen LogP contribution is -2.44. The first kappa shape index (κ1) is 23.1. The summed E-state index contributed by atoms with van der Waals surface area (Å²) in [4.78, 5) is 21.7.